The van der Waals surface area contributed by atoms with Crippen LogP contribution in [-0.4, -0.2) is 57.6 Å². The summed E-state index contributed by atoms with van der Waals surface area (Å²) in [5.41, 5.74) is 3.37. The normalized spacial score (nSPS) is 12.7. The second kappa shape index (κ2) is 11.6. The maximum absolute atomic E-state index is 13.0. The summed E-state index contributed by atoms with van der Waals surface area (Å²) < 4.78 is 11.5. The van der Waals surface area contributed by atoms with E-state index in [9.17, 15) is 9.90 Å². The summed E-state index contributed by atoms with van der Waals surface area (Å²) in [5.74, 6) is 0.452. The number of nitrogens with zero attached hydrogens (tertiary/aromatic N) is 3. The molecule has 0 bridgehead atoms. The first-order chi connectivity index (χ1) is 15.9. The minimum absolute atomic E-state index is 0.0800. The molecule has 0 radical (unpaired) electrons. The summed E-state index contributed by atoms with van der Waals surface area (Å²) >= 11 is 1.57. The molecule has 0 aliphatic rings. The Kier molecular flexibility index (Phi) is 8.55. The van der Waals surface area contributed by atoms with Gasteiger partial charge in [-0.1, -0.05) is 6.07 Å². The van der Waals surface area contributed by atoms with E-state index in [2.05, 4.69) is 20.3 Å². The summed E-state index contributed by atoms with van der Waals surface area (Å²) in [6.07, 6.45) is 2.47. The second-order valence-corrected chi connectivity index (χ2v) is 8.16. The largest absolute Gasteiger partial charge is 0.461 e. The maximum atomic E-state index is 13.0. The van der Waals surface area contributed by atoms with Crippen LogP contribution in [0.4, 0.5) is 17.3 Å². The predicted octanol–water partition coefficient (Wildman–Crippen LogP) is 1.86. The number of nitrogens with two attached hydrogens (primary N) is 1. The van der Waals surface area contributed by atoms with Crippen molar-refractivity contribution in [3.63, 3.8) is 0 Å². The highest BCUT2D eigenvalue weighted by molar-refractivity contribution is 7.08. The smallest absolute Gasteiger partial charge is 0.269 e. The quantitative estimate of drug-likeness (QED) is 0.312. The van der Waals surface area contributed by atoms with Crippen LogP contribution in [0.25, 0.3) is 0 Å². The molecule has 3 aromatic heterocycles. The average Bonchev–Trinajstić information content (AvgIpc) is 3.22. The molecule has 2 atom stereocenters. The van der Waals surface area contributed by atoms with Crippen molar-refractivity contribution in [1.29, 1.82) is 5.41 Å². The Balaban J connectivity index is 1.83. The van der Waals surface area contributed by atoms with Gasteiger partial charge in [0.15, 0.2) is 0 Å². The third-order valence-electron chi connectivity index (χ3n) is 4.71. The number of hydrogen-bond donors (Lipinski definition) is 4. The molecule has 2 unspecified atom stereocenters. The second-order valence-electron chi connectivity index (χ2n) is 7.42. The van der Waals surface area contributed by atoms with Crippen LogP contribution in [-0.2, 0) is 9.53 Å². The summed E-state index contributed by atoms with van der Waals surface area (Å²) in [5, 5.41) is 25.7. The molecule has 0 saturated carbocycles. The molecule has 0 fully saturated rings. The van der Waals surface area contributed by atoms with Gasteiger partial charge in [-0.15, -0.1) is 11.3 Å². The van der Waals surface area contributed by atoms with Crippen LogP contribution < -0.4 is 15.4 Å². The summed E-state index contributed by atoms with van der Waals surface area (Å²) in [4.78, 5) is 25.6. The van der Waals surface area contributed by atoms with Gasteiger partial charge in [0, 0.05) is 18.0 Å². The monoisotopic (exact) mass is 471 g/mol. The zero-order valence-electron chi connectivity index (χ0n) is 18.6. The summed E-state index contributed by atoms with van der Waals surface area (Å²) in [6.45, 7) is 5.23. The van der Waals surface area contributed by atoms with Crippen LogP contribution in [0.2, 0.25) is 0 Å². The minimum Gasteiger partial charge on any atom is -0.461 e. The van der Waals surface area contributed by atoms with Gasteiger partial charge in [0.25, 0.3) is 5.91 Å². The number of anilines is 1. The number of aryl methyl sites for hydroxylation is 2. The number of carbonyl (C=O) groups excluding carboxylic acids is 1. The summed E-state index contributed by atoms with van der Waals surface area (Å²) in [6, 6.07) is 3.51. The molecule has 0 saturated heterocycles. The van der Waals surface area contributed by atoms with E-state index in [-0.39, 0.29) is 19.1 Å². The van der Waals surface area contributed by atoms with Gasteiger partial charge in [0.1, 0.15) is 23.4 Å². The van der Waals surface area contributed by atoms with E-state index in [4.69, 9.17) is 14.9 Å². The zero-order valence-corrected chi connectivity index (χ0v) is 19.4. The van der Waals surface area contributed by atoms with Crippen molar-refractivity contribution in [1.82, 2.24) is 15.0 Å². The first-order valence-corrected chi connectivity index (χ1v) is 11.2. The van der Waals surface area contributed by atoms with E-state index in [0.717, 1.165) is 23.0 Å². The van der Waals surface area contributed by atoms with Gasteiger partial charge < -0.3 is 25.3 Å². The molecule has 1 amide bonds. The molecule has 3 heterocycles. The number of rotatable bonds is 11. The number of ether oxygens (including phenoxy) is 2. The molecular formula is C22H27N6O4S+. The lowest BCUT2D eigenvalue weighted by Gasteiger charge is -2.20. The lowest BCUT2D eigenvalue weighted by molar-refractivity contribution is -0.483. The summed E-state index contributed by atoms with van der Waals surface area (Å²) in [7, 11) is 0. The molecule has 33 heavy (non-hydrogen) atoms. The molecule has 11 heteroatoms. The molecular weight excluding hydrogens is 444 g/mol. The van der Waals surface area contributed by atoms with E-state index in [1.807, 2.05) is 36.0 Å². The predicted molar refractivity (Wildman–Crippen MR) is 125 cm³/mol. The molecule has 10 nitrogen and oxygen atoms in total. The lowest BCUT2D eigenvalue weighted by atomic mass is 10.2. The number of nitrogens with one attached hydrogen (secondary N) is 2. The number of pyridine rings is 1. The van der Waals surface area contributed by atoms with Crippen LogP contribution in [0.3, 0.4) is 0 Å². The van der Waals surface area contributed by atoms with E-state index in [0.29, 0.717) is 17.2 Å². The van der Waals surface area contributed by atoms with Gasteiger partial charge >= 0.3 is 0 Å². The van der Waals surface area contributed by atoms with Crippen LogP contribution in [0, 0.1) is 19.3 Å². The van der Waals surface area contributed by atoms with Gasteiger partial charge in [0.05, 0.1) is 24.7 Å². The van der Waals surface area contributed by atoms with Crippen molar-refractivity contribution in [3.8, 4) is 5.88 Å². The molecule has 0 spiro atoms. The molecule has 3 aromatic rings. The fourth-order valence-electron chi connectivity index (χ4n) is 2.75. The Morgan fingerprint density at radius 3 is 2.76 bits per heavy atom. The number of quaternary nitrogens is 1. The number of carbonyl (C=O) groups is 1. The molecule has 5 N–H and O–H groups in total. The van der Waals surface area contributed by atoms with Gasteiger partial charge in [0.2, 0.25) is 17.8 Å². The third kappa shape index (κ3) is 6.62. The van der Waals surface area contributed by atoms with Crippen LogP contribution in [0.1, 0.15) is 23.6 Å². The zero-order chi connectivity index (χ0) is 23.8. The van der Waals surface area contributed by atoms with E-state index in [1.54, 1.807) is 30.5 Å². The third-order valence-corrected chi connectivity index (χ3v) is 5.59. The fraction of sp³-hybridized carbons (Fsp3) is 0.318. The number of aliphatic hydroxyl groups excluding tert-OH is 1. The number of amides is 1. The Morgan fingerprint density at radius 1 is 1.30 bits per heavy atom. The highest BCUT2D eigenvalue weighted by atomic mass is 32.1. The highest BCUT2D eigenvalue weighted by Gasteiger charge is 2.26. The average molecular weight is 472 g/mol. The molecule has 0 aliphatic carbocycles. The molecule has 3 rings (SSSR count). The van der Waals surface area contributed by atoms with Crippen molar-refractivity contribution in [2.75, 3.05) is 18.5 Å². The van der Waals surface area contributed by atoms with Crippen molar-refractivity contribution in [2.45, 2.75) is 33.0 Å². The van der Waals surface area contributed by atoms with Crippen LogP contribution in [0.5, 0.6) is 5.88 Å². The first-order valence-electron chi connectivity index (χ1n) is 10.3. The minimum atomic E-state index is -1.11. The Morgan fingerprint density at radius 2 is 2.12 bits per heavy atom. The topological polar surface area (TPSA) is 147 Å². The van der Waals surface area contributed by atoms with E-state index < -0.39 is 18.1 Å². The highest BCUT2D eigenvalue weighted by Crippen LogP contribution is 2.21. The molecule has 0 aromatic carbocycles. The van der Waals surface area contributed by atoms with Crippen molar-refractivity contribution >= 4 is 40.8 Å². The van der Waals surface area contributed by atoms with E-state index in [1.165, 1.54) is 6.33 Å². The number of thiophene rings is 1. The number of hydrogen-bond acceptors (Lipinski definition) is 9. The van der Waals surface area contributed by atoms with Crippen molar-refractivity contribution in [2.24, 2.45) is 0 Å². The molecule has 0 aliphatic heterocycles. The van der Waals surface area contributed by atoms with Crippen LogP contribution >= 0.6 is 11.3 Å². The Hall–Kier alpha value is -3.25. The van der Waals surface area contributed by atoms with E-state index >= 15 is 0 Å². The van der Waals surface area contributed by atoms with Gasteiger partial charge in [-0.3, -0.25) is 10.1 Å². The fourth-order valence-corrected chi connectivity index (χ4v) is 3.56. The Bertz CT molecular complexity index is 1090. The van der Waals surface area contributed by atoms with Crippen LogP contribution in [0.15, 0.2) is 35.4 Å². The van der Waals surface area contributed by atoms with Crippen molar-refractivity contribution in [3.05, 3.63) is 52.1 Å². The first kappa shape index (κ1) is 24.4. The maximum Gasteiger partial charge on any atom is 0.269 e. The standard InChI is InChI=1S/C22H26N6O4S/c1-13-4-5-19(24-7-13)28-21(30)18(9-31-15(3)8-29)32-22-16(6-23)20(25-12-26-22)27-17-11-33-10-14(17)2/h4-7,10-12,15,18,23,29H,8-9H2,1-3H3,(H,24,28,30)(H,25,26,27)/p+1. The van der Waals surface area contributed by atoms with Gasteiger partial charge in [-0.05, 0) is 37.8 Å². The van der Waals surface area contributed by atoms with Gasteiger partial charge in [-0.25, -0.2) is 9.97 Å². The number of aromatic nitrogens is 3. The molecule has 174 valence electrons. The van der Waals surface area contributed by atoms with Crippen molar-refractivity contribution < 1.29 is 24.7 Å². The number of aliphatic hydroxyl groups is 1. The lowest BCUT2D eigenvalue weighted by Crippen LogP contribution is -2.72. The van der Waals surface area contributed by atoms with Gasteiger partial charge in [-0.2, -0.15) is 4.98 Å². The SMILES string of the molecule is Cc1ccc(NC(=O)C(COC(C)CO)Oc2ncnc([NH2+]c3cscc3C)c2C=N)nc1. The Labute approximate surface area is 195 Å².